The second kappa shape index (κ2) is 4.49. The van der Waals surface area contributed by atoms with Gasteiger partial charge in [0.15, 0.2) is 5.78 Å². The number of hydrogen-bond donors (Lipinski definition) is 1. The summed E-state index contributed by atoms with van der Waals surface area (Å²) in [5.41, 5.74) is 0.395. The largest absolute Gasteiger partial charge is 0.507 e. The first-order valence-corrected chi connectivity index (χ1v) is 4.63. The Bertz CT molecular complexity index is 397. The van der Waals surface area contributed by atoms with E-state index in [2.05, 4.69) is 0 Å². The van der Waals surface area contributed by atoms with Gasteiger partial charge in [-0.05, 0) is 25.1 Å². The van der Waals surface area contributed by atoms with Gasteiger partial charge in [-0.2, -0.15) is 0 Å². The predicted octanol–water partition coefficient (Wildman–Crippen LogP) is 3.48. The van der Waals surface area contributed by atoms with Gasteiger partial charge in [0.05, 0.1) is 5.02 Å². The molecule has 1 aromatic carbocycles. The number of aliphatic hydroxyl groups is 1. The van der Waals surface area contributed by atoms with E-state index in [0.29, 0.717) is 15.6 Å². The maximum atomic E-state index is 10.7. The molecule has 2 nitrogen and oxygen atoms in total. The van der Waals surface area contributed by atoms with Gasteiger partial charge in [0.2, 0.25) is 0 Å². The van der Waals surface area contributed by atoms with Crippen molar-refractivity contribution >= 4 is 34.7 Å². The summed E-state index contributed by atoms with van der Waals surface area (Å²) >= 11 is 11.5. The molecule has 14 heavy (non-hydrogen) atoms. The zero-order valence-corrected chi connectivity index (χ0v) is 8.93. The molecule has 0 heterocycles. The highest BCUT2D eigenvalue weighted by Crippen LogP contribution is 2.25. The Labute approximate surface area is 91.8 Å². The SMILES string of the molecule is CC(=O)C=C(O)c1ccc(Cl)cc1Cl. The summed E-state index contributed by atoms with van der Waals surface area (Å²) in [4.78, 5) is 10.7. The van der Waals surface area contributed by atoms with Crippen molar-refractivity contribution in [1.29, 1.82) is 0 Å². The van der Waals surface area contributed by atoms with Crippen molar-refractivity contribution in [1.82, 2.24) is 0 Å². The van der Waals surface area contributed by atoms with Crippen LogP contribution in [-0.2, 0) is 4.79 Å². The van der Waals surface area contributed by atoms with Crippen LogP contribution >= 0.6 is 23.2 Å². The van der Waals surface area contributed by atoms with Crippen molar-refractivity contribution in [3.63, 3.8) is 0 Å². The normalized spacial score (nSPS) is 11.5. The summed E-state index contributed by atoms with van der Waals surface area (Å²) in [6, 6.07) is 4.65. The highest BCUT2D eigenvalue weighted by Gasteiger charge is 2.05. The molecule has 0 unspecified atom stereocenters. The van der Waals surface area contributed by atoms with E-state index in [9.17, 15) is 9.90 Å². The quantitative estimate of drug-likeness (QED) is 0.624. The van der Waals surface area contributed by atoms with E-state index >= 15 is 0 Å². The average molecular weight is 231 g/mol. The van der Waals surface area contributed by atoms with Gasteiger partial charge in [-0.15, -0.1) is 0 Å². The number of rotatable bonds is 2. The van der Waals surface area contributed by atoms with Gasteiger partial charge in [-0.1, -0.05) is 23.2 Å². The van der Waals surface area contributed by atoms with Crippen LogP contribution in [0.25, 0.3) is 5.76 Å². The highest BCUT2D eigenvalue weighted by molar-refractivity contribution is 6.35. The van der Waals surface area contributed by atoms with Crippen molar-refractivity contribution in [2.45, 2.75) is 6.92 Å². The summed E-state index contributed by atoms with van der Waals surface area (Å²) in [6.45, 7) is 1.35. The maximum Gasteiger partial charge on any atom is 0.156 e. The Hall–Kier alpha value is -0.990. The van der Waals surface area contributed by atoms with Gasteiger partial charge in [0.1, 0.15) is 5.76 Å². The van der Waals surface area contributed by atoms with Gasteiger partial charge in [-0.25, -0.2) is 0 Å². The number of hydrogen-bond acceptors (Lipinski definition) is 2. The molecule has 0 aliphatic rings. The first-order chi connectivity index (χ1) is 6.50. The van der Waals surface area contributed by atoms with E-state index in [1.807, 2.05) is 0 Å². The topological polar surface area (TPSA) is 37.3 Å². The Morgan fingerprint density at radius 2 is 2.07 bits per heavy atom. The Morgan fingerprint density at radius 1 is 1.43 bits per heavy atom. The minimum Gasteiger partial charge on any atom is -0.507 e. The van der Waals surface area contributed by atoms with Gasteiger partial charge in [0.25, 0.3) is 0 Å². The zero-order chi connectivity index (χ0) is 10.7. The number of carbonyl (C=O) groups excluding carboxylic acids is 1. The van der Waals surface area contributed by atoms with Crippen LogP contribution < -0.4 is 0 Å². The summed E-state index contributed by atoms with van der Waals surface area (Å²) < 4.78 is 0. The molecule has 1 rings (SSSR count). The maximum absolute atomic E-state index is 10.7. The molecule has 0 aromatic heterocycles. The molecule has 4 heteroatoms. The summed E-state index contributed by atoms with van der Waals surface area (Å²) in [5, 5.41) is 10.3. The fraction of sp³-hybridized carbons (Fsp3) is 0.100. The number of aliphatic hydroxyl groups excluding tert-OH is 1. The van der Waals surface area contributed by atoms with Crippen LogP contribution in [0.1, 0.15) is 12.5 Å². The highest BCUT2D eigenvalue weighted by atomic mass is 35.5. The third kappa shape index (κ3) is 2.76. The lowest BCUT2D eigenvalue weighted by atomic mass is 10.1. The second-order valence-electron chi connectivity index (χ2n) is 2.76. The van der Waals surface area contributed by atoms with E-state index in [0.717, 1.165) is 6.08 Å². The van der Waals surface area contributed by atoms with Crippen LogP contribution in [-0.4, -0.2) is 10.9 Å². The first kappa shape index (κ1) is 11.1. The van der Waals surface area contributed by atoms with Gasteiger partial charge < -0.3 is 5.11 Å². The summed E-state index contributed by atoms with van der Waals surface area (Å²) in [6.07, 6.45) is 1.11. The number of carbonyl (C=O) groups is 1. The predicted molar refractivity (Wildman–Crippen MR) is 57.7 cm³/mol. The fourth-order valence-electron chi connectivity index (χ4n) is 0.967. The zero-order valence-electron chi connectivity index (χ0n) is 7.42. The lowest BCUT2D eigenvalue weighted by molar-refractivity contribution is -0.112. The van der Waals surface area contributed by atoms with Crippen LogP contribution in [0.4, 0.5) is 0 Å². The third-order valence-corrected chi connectivity index (χ3v) is 2.09. The van der Waals surface area contributed by atoms with E-state index in [4.69, 9.17) is 23.2 Å². The van der Waals surface area contributed by atoms with E-state index in [1.54, 1.807) is 12.1 Å². The fourth-order valence-corrected chi connectivity index (χ4v) is 1.47. The molecule has 0 fully saturated rings. The van der Waals surface area contributed by atoms with Gasteiger partial charge in [-0.3, -0.25) is 4.79 Å². The van der Waals surface area contributed by atoms with Crippen LogP contribution in [0, 0.1) is 0 Å². The van der Waals surface area contributed by atoms with Crippen molar-refractivity contribution < 1.29 is 9.90 Å². The van der Waals surface area contributed by atoms with Crippen LogP contribution in [0.2, 0.25) is 10.0 Å². The molecule has 0 spiro atoms. The van der Waals surface area contributed by atoms with Gasteiger partial charge in [0, 0.05) is 16.7 Å². The number of halogens is 2. The lowest BCUT2D eigenvalue weighted by Gasteiger charge is -2.02. The molecule has 0 saturated heterocycles. The first-order valence-electron chi connectivity index (χ1n) is 3.87. The van der Waals surface area contributed by atoms with E-state index in [-0.39, 0.29) is 11.5 Å². The third-order valence-electron chi connectivity index (χ3n) is 1.55. The van der Waals surface area contributed by atoms with Crippen molar-refractivity contribution in [3.05, 3.63) is 39.9 Å². The molecule has 0 saturated carbocycles. The van der Waals surface area contributed by atoms with Crippen molar-refractivity contribution in [3.8, 4) is 0 Å². The summed E-state index contributed by atoms with van der Waals surface area (Å²) in [5.74, 6) is -0.396. The molecular weight excluding hydrogens is 223 g/mol. The molecule has 0 bridgehead atoms. The van der Waals surface area contributed by atoms with E-state index in [1.165, 1.54) is 13.0 Å². The molecule has 0 aliphatic heterocycles. The molecule has 1 N–H and O–H groups in total. The monoisotopic (exact) mass is 230 g/mol. The average Bonchev–Trinajstić information content (AvgIpc) is 2.01. The standard InChI is InChI=1S/C10H8Cl2O2/c1-6(13)4-10(14)8-3-2-7(11)5-9(8)12/h2-5,14H,1H3. The van der Waals surface area contributed by atoms with Crippen LogP contribution in [0.3, 0.4) is 0 Å². The Morgan fingerprint density at radius 3 is 2.57 bits per heavy atom. The number of ketones is 1. The summed E-state index contributed by atoms with van der Waals surface area (Å²) in [7, 11) is 0. The molecule has 0 atom stereocenters. The minimum absolute atomic E-state index is 0.154. The molecule has 1 aromatic rings. The molecule has 74 valence electrons. The van der Waals surface area contributed by atoms with E-state index < -0.39 is 0 Å². The Kier molecular flexibility index (Phi) is 3.55. The smallest absolute Gasteiger partial charge is 0.156 e. The van der Waals surface area contributed by atoms with Gasteiger partial charge >= 0.3 is 0 Å². The lowest BCUT2D eigenvalue weighted by Crippen LogP contribution is -1.89. The number of benzene rings is 1. The molecule has 0 aliphatic carbocycles. The second-order valence-corrected chi connectivity index (χ2v) is 3.61. The minimum atomic E-state index is -0.242. The van der Waals surface area contributed by atoms with Crippen LogP contribution in [0.5, 0.6) is 0 Å². The Balaban J connectivity index is 3.14. The molecular formula is C10H8Cl2O2. The van der Waals surface area contributed by atoms with Crippen LogP contribution in [0.15, 0.2) is 24.3 Å². The molecule has 0 radical (unpaired) electrons. The van der Waals surface area contributed by atoms with Crippen molar-refractivity contribution in [2.24, 2.45) is 0 Å². The number of allylic oxidation sites excluding steroid dienone is 1. The van der Waals surface area contributed by atoms with Crippen molar-refractivity contribution in [2.75, 3.05) is 0 Å². The molecule has 0 amide bonds.